The number of aromatic nitrogens is 1. The number of nitrogens with zero attached hydrogens (tertiary/aromatic N) is 2. The molecular weight excluding hydrogens is 206 g/mol. The Bertz CT molecular complexity index is 356. The van der Waals surface area contributed by atoms with Crippen molar-refractivity contribution in [3.05, 3.63) is 23.9 Å². The van der Waals surface area contributed by atoms with E-state index in [2.05, 4.69) is 9.72 Å². The van der Waals surface area contributed by atoms with Crippen molar-refractivity contribution in [3.8, 4) is 5.88 Å². The minimum Gasteiger partial charge on any atom is -0.417 e. The van der Waals surface area contributed by atoms with Crippen LogP contribution in [0.25, 0.3) is 0 Å². The van der Waals surface area contributed by atoms with Crippen molar-refractivity contribution in [3.63, 3.8) is 0 Å². The van der Waals surface area contributed by atoms with E-state index in [0.29, 0.717) is 0 Å². The summed E-state index contributed by atoms with van der Waals surface area (Å²) in [5, 5.41) is 0. The molecule has 0 aliphatic rings. The Morgan fingerprint density at radius 3 is 2.73 bits per heavy atom. The summed E-state index contributed by atoms with van der Waals surface area (Å²) in [5.41, 5.74) is 0.255. The number of pyridine rings is 1. The number of alkyl halides is 2. The Balaban J connectivity index is 2.87. The first kappa shape index (κ1) is 11.4. The highest BCUT2D eigenvalue weighted by atomic mass is 19.3. The minimum atomic E-state index is -2.94. The van der Waals surface area contributed by atoms with E-state index < -0.39 is 6.61 Å². The van der Waals surface area contributed by atoms with Gasteiger partial charge < -0.3 is 9.64 Å². The van der Waals surface area contributed by atoms with Gasteiger partial charge >= 0.3 is 6.61 Å². The van der Waals surface area contributed by atoms with E-state index in [1.54, 1.807) is 14.1 Å². The molecule has 1 heterocycles. The highest BCUT2D eigenvalue weighted by Crippen LogP contribution is 2.13. The molecule has 0 radical (unpaired) electrons. The molecule has 1 rings (SSSR count). The van der Waals surface area contributed by atoms with Crippen LogP contribution in [0.5, 0.6) is 5.88 Å². The summed E-state index contributed by atoms with van der Waals surface area (Å²) in [5.74, 6) is -0.561. The highest BCUT2D eigenvalue weighted by Gasteiger charge is 2.11. The molecule has 0 fully saturated rings. The first-order chi connectivity index (χ1) is 7.00. The van der Waals surface area contributed by atoms with Gasteiger partial charge in [0.25, 0.3) is 5.91 Å². The molecule has 0 bridgehead atoms. The average molecular weight is 216 g/mol. The van der Waals surface area contributed by atoms with E-state index >= 15 is 0 Å². The molecule has 6 heteroatoms. The van der Waals surface area contributed by atoms with Gasteiger partial charge in [0.2, 0.25) is 5.88 Å². The topological polar surface area (TPSA) is 42.4 Å². The molecule has 0 atom stereocenters. The predicted molar refractivity (Wildman–Crippen MR) is 48.9 cm³/mol. The SMILES string of the molecule is CN(C)C(=O)c1ccnc(OC(F)F)c1. The number of ether oxygens (including phenoxy) is 1. The molecule has 15 heavy (non-hydrogen) atoms. The van der Waals surface area contributed by atoms with Gasteiger partial charge in [-0.2, -0.15) is 8.78 Å². The molecule has 1 aromatic heterocycles. The van der Waals surface area contributed by atoms with Gasteiger partial charge in [-0.1, -0.05) is 0 Å². The van der Waals surface area contributed by atoms with Gasteiger partial charge in [0, 0.05) is 31.9 Å². The van der Waals surface area contributed by atoms with Crippen LogP contribution in [0.15, 0.2) is 18.3 Å². The molecule has 0 saturated carbocycles. The van der Waals surface area contributed by atoms with Crippen LogP contribution >= 0.6 is 0 Å². The Morgan fingerprint density at radius 1 is 1.53 bits per heavy atom. The molecule has 0 N–H and O–H groups in total. The lowest BCUT2D eigenvalue weighted by Gasteiger charge is -2.10. The number of carbonyl (C=O) groups excluding carboxylic acids is 1. The fourth-order valence-electron chi connectivity index (χ4n) is 0.956. The van der Waals surface area contributed by atoms with Crippen LogP contribution in [0, 0.1) is 0 Å². The summed E-state index contributed by atoms with van der Waals surface area (Å²) >= 11 is 0. The van der Waals surface area contributed by atoms with Crippen molar-refractivity contribution in [2.24, 2.45) is 0 Å². The largest absolute Gasteiger partial charge is 0.417 e. The normalized spacial score (nSPS) is 10.2. The molecule has 82 valence electrons. The van der Waals surface area contributed by atoms with E-state index in [1.807, 2.05) is 0 Å². The molecule has 1 aromatic rings. The Labute approximate surface area is 85.5 Å². The average Bonchev–Trinajstić information content (AvgIpc) is 2.16. The van der Waals surface area contributed by atoms with E-state index in [1.165, 1.54) is 23.2 Å². The molecule has 0 aromatic carbocycles. The number of rotatable bonds is 3. The lowest BCUT2D eigenvalue weighted by Crippen LogP contribution is -2.21. The molecule has 4 nitrogen and oxygen atoms in total. The molecule has 0 spiro atoms. The van der Waals surface area contributed by atoms with Crippen LogP contribution in [0.2, 0.25) is 0 Å². The first-order valence-corrected chi connectivity index (χ1v) is 4.13. The van der Waals surface area contributed by atoms with Gasteiger partial charge in [-0.05, 0) is 6.07 Å². The van der Waals surface area contributed by atoms with Gasteiger partial charge in [0.15, 0.2) is 0 Å². The van der Waals surface area contributed by atoms with Crippen molar-refractivity contribution in [1.82, 2.24) is 9.88 Å². The lowest BCUT2D eigenvalue weighted by molar-refractivity contribution is -0.0529. The lowest BCUT2D eigenvalue weighted by atomic mass is 10.2. The summed E-state index contributed by atoms with van der Waals surface area (Å²) < 4.78 is 27.8. The number of hydrogen-bond donors (Lipinski definition) is 0. The van der Waals surface area contributed by atoms with Crippen molar-refractivity contribution < 1.29 is 18.3 Å². The summed E-state index contributed by atoms with van der Waals surface area (Å²) in [6.07, 6.45) is 1.24. The minimum absolute atomic E-state index is 0.255. The standard InChI is InChI=1S/C9H10F2N2O2/c1-13(2)8(14)6-3-4-12-7(5-6)15-9(10)11/h3-5,9H,1-2H3. The molecule has 1 amide bonds. The van der Waals surface area contributed by atoms with Gasteiger partial charge in [-0.15, -0.1) is 0 Å². The van der Waals surface area contributed by atoms with Gasteiger partial charge in [0.1, 0.15) is 0 Å². The number of hydrogen-bond acceptors (Lipinski definition) is 3. The summed E-state index contributed by atoms with van der Waals surface area (Å²) in [4.78, 5) is 16.3. The second-order valence-electron chi connectivity index (χ2n) is 2.96. The quantitative estimate of drug-likeness (QED) is 0.766. The zero-order chi connectivity index (χ0) is 11.4. The van der Waals surface area contributed by atoms with Crippen LogP contribution in [0.4, 0.5) is 8.78 Å². The van der Waals surface area contributed by atoms with Crippen LogP contribution in [-0.4, -0.2) is 36.5 Å². The number of carbonyl (C=O) groups is 1. The molecule has 0 aliphatic carbocycles. The third-order valence-electron chi connectivity index (χ3n) is 1.60. The van der Waals surface area contributed by atoms with Gasteiger partial charge in [0.05, 0.1) is 0 Å². The second-order valence-corrected chi connectivity index (χ2v) is 2.96. The molecular formula is C9H10F2N2O2. The monoisotopic (exact) mass is 216 g/mol. The summed E-state index contributed by atoms with van der Waals surface area (Å²) in [7, 11) is 3.13. The summed E-state index contributed by atoms with van der Waals surface area (Å²) in [6, 6.07) is 2.61. The van der Waals surface area contributed by atoms with E-state index in [4.69, 9.17) is 0 Å². The first-order valence-electron chi connectivity index (χ1n) is 4.13. The third-order valence-corrected chi connectivity index (χ3v) is 1.60. The zero-order valence-corrected chi connectivity index (χ0v) is 8.28. The molecule has 0 aliphatic heterocycles. The Kier molecular flexibility index (Phi) is 3.54. The smallest absolute Gasteiger partial charge is 0.388 e. The van der Waals surface area contributed by atoms with Crippen LogP contribution < -0.4 is 4.74 Å². The van der Waals surface area contributed by atoms with E-state index in [-0.39, 0.29) is 17.4 Å². The van der Waals surface area contributed by atoms with Crippen LogP contribution in [0.1, 0.15) is 10.4 Å². The van der Waals surface area contributed by atoms with Crippen LogP contribution in [-0.2, 0) is 0 Å². The Morgan fingerprint density at radius 2 is 2.20 bits per heavy atom. The number of amides is 1. The third kappa shape index (κ3) is 3.16. The number of halogens is 2. The zero-order valence-electron chi connectivity index (χ0n) is 8.28. The van der Waals surface area contributed by atoms with Crippen molar-refractivity contribution in [2.45, 2.75) is 6.61 Å². The van der Waals surface area contributed by atoms with E-state index in [9.17, 15) is 13.6 Å². The predicted octanol–water partition coefficient (Wildman–Crippen LogP) is 1.38. The Hall–Kier alpha value is -1.72. The maximum absolute atomic E-state index is 11.9. The van der Waals surface area contributed by atoms with Gasteiger partial charge in [-0.3, -0.25) is 4.79 Å². The van der Waals surface area contributed by atoms with E-state index in [0.717, 1.165) is 0 Å². The maximum Gasteiger partial charge on any atom is 0.388 e. The molecule has 0 saturated heterocycles. The summed E-state index contributed by atoms with van der Waals surface area (Å²) in [6.45, 7) is -2.94. The fourth-order valence-corrected chi connectivity index (χ4v) is 0.956. The van der Waals surface area contributed by atoms with Crippen LogP contribution in [0.3, 0.4) is 0 Å². The second kappa shape index (κ2) is 4.68. The van der Waals surface area contributed by atoms with Crippen molar-refractivity contribution in [1.29, 1.82) is 0 Å². The molecule has 0 unspecified atom stereocenters. The van der Waals surface area contributed by atoms with Crippen molar-refractivity contribution >= 4 is 5.91 Å². The fraction of sp³-hybridized carbons (Fsp3) is 0.333. The van der Waals surface area contributed by atoms with Gasteiger partial charge in [-0.25, -0.2) is 4.98 Å². The van der Waals surface area contributed by atoms with Crippen molar-refractivity contribution in [2.75, 3.05) is 14.1 Å². The maximum atomic E-state index is 11.9. The highest BCUT2D eigenvalue weighted by molar-refractivity contribution is 5.94.